The summed E-state index contributed by atoms with van der Waals surface area (Å²) in [6, 6.07) is 0. The number of hydrogen-bond acceptors (Lipinski definition) is 6. The molecule has 0 unspecified atom stereocenters. The molecule has 3 fully saturated rings. The topological polar surface area (TPSA) is 78.8 Å². The predicted molar refractivity (Wildman–Crippen MR) is 92.5 cm³/mol. The molecule has 1 N–H and O–H groups in total. The number of morpholine rings is 1. The van der Waals surface area contributed by atoms with E-state index in [4.69, 9.17) is 4.74 Å². The molecule has 7 heteroatoms. The molecule has 1 aliphatic carbocycles. The monoisotopic (exact) mass is 346 g/mol. The van der Waals surface area contributed by atoms with Crippen LogP contribution in [-0.2, 0) is 4.74 Å². The van der Waals surface area contributed by atoms with Crippen LogP contribution in [0.25, 0.3) is 0 Å². The molecule has 1 aromatic rings. The maximum atomic E-state index is 12.9. The van der Waals surface area contributed by atoms with E-state index in [0.717, 1.165) is 51.7 Å². The van der Waals surface area contributed by atoms with Crippen LogP contribution < -0.4 is 4.90 Å². The van der Waals surface area contributed by atoms with Crippen molar-refractivity contribution in [2.45, 2.75) is 38.2 Å². The number of ether oxygens (including phenoxy) is 1. The van der Waals surface area contributed by atoms with Crippen LogP contribution in [0.15, 0.2) is 12.4 Å². The SMILES string of the molecule is O=C(c1cnc(N2CCOCC2)nc1)N1CCC[C@]2(CCC[C@H]2O)C1. The molecular formula is C18H26N4O3. The molecule has 7 nitrogen and oxygen atoms in total. The Kier molecular flexibility index (Phi) is 4.60. The third-order valence-electron chi connectivity index (χ3n) is 5.93. The van der Waals surface area contributed by atoms with Crippen LogP contribution in [0.2, 0.25) is 0 Å². The number of anilines is 1. The number of aliphatic hydroxyl groups excluding tert-OH is 1. The van der Waals surface area contributed by atoms with Gasteiger partial charge in [-0.3, -0.25) is 4.79 Å². The van der Waals surface area contributed by atoms with Gasteiger partial charge in [0, 0.05) is 44.0 Å². The van der Waals surface area contributed by atoms with Crippen molar-refractivity contribution < 1.29 is 14.6 Å². The highest BCUT2D eigenvalue weighted by atomic mass is 16.5. The molecule has 3 heterocycles. The van der Waals surface area contributed by atoms with Gasteiger partial charge in [-0.05, 0) is 25.7 Å². The normalized spacial score (nSPS) is 30.0. The van der Waals surface area contributed by atoms with E-state index in [0.29, 0.717) is 31.3 Å². The number of nitrogens with zero attached hydrogens (tertiary/aromatic N) is 4. The summed E-state index contributed by atoms with van der Waals surface area (Å²) in [4.78, 5) is 25.6. The van der Waals surface area contributed by atoms with Gasteiger partial charge < -0.3 is 19.6 Å². The van der Waals surface area contributed by atoms with Gasteiger partial charge in [0.25, 0.3) is 5.91 Å². The van der Waals surface area contributed by atoms with Crippen molar-refractivity contribution in [1.29, 1.82) is 0 Å². The Hall–Kier alpha value is -1.73. The summed E-state index contributed by atoms with van der Waals surface area (Å²) in [5.74, 6) is 0.632. The Bertz CT molecular complexity index is 617. The van der Waals surface area contributed by atoms with Gasteiger partial charge in [0.1, 0.15) is 0 Å². The van der Waals surface area contributed by atoms with Crippen molar-refractivity contribution in [3.05, 3.63) is 18.0 Å². The quantitative estimate of drug-likeness (QED) is 0.863. The Labute approximate surface area is 148 Å². The third-order valence-corrected chi connectivity index (χ3v) is 5.93. The Morgan fingerprint density at radius 1 is 1.16 bits per heavy atom. The highest BCUT2D eigenvalue weighted by Gasteiger charge is 2.45. The van der Waals surface area contributed by atoms with Gasteiger partial charge in [-0.15, -0.1) is 0 Å². The second kappa shape index (κ2) is 6.88. The van der Waals surface area contributed by atoms with Crippen molar-refractivity contribution in [3.8, 4) is 0 Å². The minimum absolute atomic E-state index is 0.0216. The van der Waals surface area contributed by atoms with E-state index in [1.165, 1.54) is 0 Å². The molecule has 3 aliphatic rings. The fraction of sp³-hybridized carbons (Fsp3) is 0.722. The minimum Gasteiger partial charge on any atom is -0.392 e. The standard InChI is InChI=1S/C18H26N4O3/c23-15-3-1-4-18(15)5-2-6-22(13-18)16(24)14-11-19-17(20-12-14)21-7-9-25-10-8-21/h11-12,15,23H,1-10,13H2/t15-,18-/m1/s1. The molecule has 0 bridgehead atoms. The molecule has 1 aromatic heterocycles. The lowest BCUT2D eigenvalue weighted by atomic mass is 9.76. The molecule has 2 aliphatic heterocycles. The van der Waals surface area contributed by atoms with E-state index in [-0.39, 0.29) is 17.4 Å². The first kappa shape index (κ1) is 16.7. The van der Waals surface area contributed by atoms with Crippen molar-refractivity contribution >= 4 is 11.9 Å². The molecule has 0 aromatic carbocycles. The van der Waals surface area contributed by atoms with Gasteiger partial charge >= 0.3 is 0 Å². The molecule has 1 saturated carbocycles. The number of rotatable bonds is 2. The zero-order chi connectivity index (χ0) is 17.3. The van der Waals surface area contributed by atoms with Crippen LogP contribution in [0.4, 0.5) is 5.95 Å². The summed E-state index contributed by atoms with van der Waals surface area (Å²) in [7, 11) is 0. The van der Waals surface area contributed by atoms with E-state index in [1.807, 2.05) is 4.90 Å². The zero-order valence-corrected chi connectivity index (χ0v) is 14.6. The van der Waals surface area contributed by atoms with Crippen molar-refractivity contribution in [3.63, 3.8) is 0 Å². The van der Waals surface area contributed by atoms with E-state index in [2.05, 4.69) is 14.9 Å². The van der Waals surface area contributed by atoms with Crippen molar-refractivity contribution in [2.75, 3.05) is 44.3 Å². The molecule has 1 spiro atoms. The number of aromatic nitrogens is 2. The Balaban J connectivity index is 1.45. The lowest BCUT2D eigenvalue weighted by Crippen LogP contribution is -2.49. The lowest BCUT2D eigenvalue weighted by Gasteiger charge is -2.42. The first-order chi connectivity index (χ1) is 12.2. The number of carbonyl (C=O) groups is 1. The van der Waals surface area contributed by atoms with Gasteiger partial charge in [-0.25, -0.2) is 9.97 Å². The molecule has 0 radical (unpaired) electrons. The molecule has 2 saturated heterocycles. The first-order valence-electron chi connectivity index (χ1n) is 9.30. The van der Waals surface area contributed by atoms with Crippen molar-refractivity contribution in [1.82, 2.24) is 14.9 Å². The van der Waals surface area contributed by atoms with E-state index >= 15 is 0 Å². The van der Waals surface area contributed by atoms with Crippen molar-refractivity contribution in [2.24, 2.45) is 5.41 Å². The fourth-order valence-electron chi connectivity index (χ4n) is 4.47. The van der Waals surface area contributed by atoms with E-state index in [1.54, 1.807) is 12.4 Å². The molecule has 4 rings (SSSR count). The maximum Gasteiger partial charge on any atom is 0.257 e. The van der Waals surface area contributed by atoms with Crippen LogP contribution in [-0.4, -0.2) is 71.4 Å². The highest BCUT2D eigenvalue weighted by molar-refractivity contribution is 5.93. The summed E-state index contributed by atoms with van der Waals surface area (Å²) in [5, 5.41) is 10.4. The zero-order valence-electron chi connectivity index (χ0n) is 14.6. The molecular weight excluding hydrogens is 320 g/mol. The summed E-state index contributed by atoms with van der Waals surface area (Å²) in [6.07, 6.45) is 7.89. The summed E-state index contributed by atoms with van der Waals surface area (Å²) < 4.78 is 5.34. The van der Waals surface area contributed by atoms with Crippen LogP contribution in [0, 0.1) is 5.41 Å². The van der Waals surface area contributed by atoms with Gasteiger partial charge in [0.2, 0.25) is 5.95 Å². The Morgan fingerprint density at radius 2 is 1.88 bits per heavy atom. The van der Waals surface area contributed by atoms with Gasteiger partial charge in [0.05, 0.1) is 24.9 Å². The Morgan fingerprint density at radius 3 is 2.56 bits per heavy atom. The summed E-state index contributed by atoms with van der Waals surface area (Å²) in [6.45, 7) is 4.32. The third kappa shape index (κ3) is 3.22. The smallest absolute Gasteiger partial charge is 0.257 e. The molecule has 25 heavy (non-hydrogen) atoms. The number of piperidine rings is 1. The van der Waals surface area contributed by atoms with Crippen LogP contribution in [0.1, 0.15) is 42.5 Å². The highest BCUT2D eigenvalue weighted by Crippen LogP contribution is 2.45. The number of likely N-dealkylation sites (tertiary alicyclic amines) is 1. The van der Waals surface area contributed by atoms with E-state index < -0.39 is 0 Å². The first-order valence-corrected chi connectivity index (χ1v) is 9.30. The number of aliphatic hydroxyl groups is 1. The van der Waals surface area contributed by atoms with Gasteiger partial charge in [0.15, 0.2) is 0 Å². The van der Waals surface area contributed by atoms with Crippen LogP contribution in [0.5, 0.6) is 0 Å². The second-order valence-electron chi connectivity index (χ2n) is 7.47. The lowest BCUT2D eigenvalue weighted by molar-refractivity contribution is -0.00538. The predicted octanol–water partition coefficient (Wildman–Crippen LogP) is 1.08. The van der Waals surface area contributed by atoms with Gasteiger partial charge in [-0.2, -0.15) is 0 Å². The maximum absolute atomic E-state index is 12.9. The van der Waals surface area contributed by atoms with E-state index in [9.17, 15) is 9.90 Å². The van der Waals surface area contributed by atoms with Gasteiger partial charge in [-0.1, -0.05) is 6.42 Å². The number of hydrogen-bond donors (Lipinski definition) is 1. The molecule has 1 amide bonds. The molecule has 2 atom stereocenters. The molecule has 136 valence electrons. The minimum atomic E-state index is -0.275. The fourth-order valence-corrected chi connectivity index (χ4v) is 4.47. The average molecular weight is 346 g/mol. The number of carbonyl (C=O) groups excluding carboxylic acids is 1. The summed E-state index contributed by atoms with van der Waals surface area (Å²) in [5.41, 5.74) is 0.434. The average Bonchev–Trinajstić information content (AvgIpc) is 3.01. The number of amides is 1. The van der Waals surface area contributed by atoms with Crippen LogP contribution in [0.3, 0.4) is 0 Å². The van der Waals surface area contributed by atoms with Crippen LogP contribution >= 0.6 is 0 Å². The largest absolute Gasteiger partial charge is 0.392 e. The second-order valence-corrected chi connectivity index (χ2v) is 7.47. The summed E-state index contributed by atoms with van der Waals surface area (Å²) >= 11 is 0.